The van der Waals surface area contributed by atoms with E-state index in [0.29, 0.717) is 17.7 Å². The van der Waals surface area contributed by atoms with Crippen LogP contribution in [0.1, 0.15) is 32.8 Å². The van der Waals surface area contributed by atoms with Crippen molar-refractivity contribution in [1.82, 2.24) is 10.2 Å². The van der Waals surface area contributed by atoms with Gasteiger partial charge >= 0.3 is 0 Å². The van der Waals surface area contributed by atoms with E-state index in [4.69, 9.17) is 16.3 Å². The molecule has 0 bridgehead atoms. The average Bonchev–Trinajstić information content (AvgIpc) is 2.77. The van der Waals surface area contributed by atoms with Crippen LogP contribution in [0.4, 0.5) is 10.1 Å². The van der Waals surface area contributed by atoms with Crippen LogP contribution in [0.2, 0.25) is 5.02 Å². The number of halogens is 2. The van der Waals surface area contributed by atoms with Crippen molar-refractivity contribution >= 4 is 39.1 Å². The van der Waals surface area contributed by atoms with Crippen LogP contribution in [0.5, 0.6) is 5.75 Å². The molecule has 0 radical (unpaired) electrons. The molecule has 2 aromatic rings. The van der Waals surface area contributed by atoms with Gasteiger partial charge in [0.2, 0.25) is 21.8 Å². The molecule has 2 aromatic carbocycles. The third-order valence-corrected chi connectivity index (χ3v) is 6.62. The van der Waals surface area contributed by atoms with Gasteiger partial charge in [-0.1, -0.05) is 30.7 Å². The van der Waals surface area contributed by atoms with Crippen molar-refractivity contribution in [3.8, 4) is 5.75 Å². The SMILES string of the molecule is CC[C@H](C(=O)NC(C)C)N(Cc1ccc(F)cc1)C(=O)CN(c1ccc(OC)c(Cl)c1)S(C)(=O)=O. The summed E-state index contributed by atoms with van der Waals surface area (Å²) in [6, 6.07) is 8.89. The molecule has 35 heavy (non-hydrogen) atoms. The molecule has 0 aromatic heterocycles. The molecule has 192 valence electrons. The van der Waals surface area contributed by atoms with Gasteiger partial charge in [-0.05, 0) is 56.2 Å². The lowest BCUT2D eigenvalue weighted by atomic mass is 10.1. The normalized spacial score (nSPS) is 12.2. The van der Waals surface area contributed by atoms with E-state index in [1.807, 2.05) is 0 Å². The number of nitrogens with zero attached hydrogens (tertiary/aromatic N) is 2. The fourth-order valence-electron chi connectivity index (χ4n) is 3.51. The Morgan fingerprint density at radius 3 is 2.26 bits per heavy atom. The molecule has 1 atom stereocenters. The second kappa shape index (κ2) is 12.2. The summed E-state index contributed by atoms with van der Waals surface area (Å²) in [7, 11) is -2.47. The van der Waals surface area contributed by atoms with Gasteiger partial charge in [0.25, 0.3) is 0 Å². The smallest absolute Gasteiger partial charge is 0.244 e. The minimum absolute atomic E-state index is 0.00982. The minimum Gasteiger partial charge on any atom is -0.495 e. The van der Waals surface area contributed by atoms with Crippen molar-refractivity contribution in [1.29, 1.82) is 0 Å². The quantitative estimate of drug-likeness (QED) is 0.482. The number of benzene rings is 2. The Hall–Kier alpha value is -2.85. The Kier molecular flexibility index (Phi) is 9.91. The molecular weight excluding hydrogens is 497 g/mol. The van der Waals surface area contributed by atoms with Crippen LogP contribution in [-0.4, -0.2) is 57.1 Å². The van der Waals surface area contributed by atoms with Gasteiger partial charge in [-0.15, -0.1) is 0 Å². The van der Waals surface area contributed by atoms with E-state index in [2.05, 4.69) is 5.32 Å². The first kappa shape index (κ1) is 28.4. The summed E-state index contributed by atoms with van der Waals surface area (Å²) >= 11 is 6.18. The van der Waals surface area contributed by atoms with Crippen LogP contribution >= 0.6 is 11.6 Å². The Bertz CT molecular complexity index is 1140. The second-order valence-corrected chi connectivity index (χ2v) is 10.6. The first-order valence-corrected chi connectivity index (χ1v) is 13.3. The van der Waals surface area contributed by atoms with E-state index in [1.54, 1.807) is 20.8 Å². The Balaban J connectivity index is 2.45. The molecule has 2 amide bonds. The van der Waals surface area contributed by atoms with Gasteiger partial charge in [0.05, 0.1) is 24.1 Å². The lowest BCUT2D eigenvalue weighted by Crippen LogP contribution is -2.53. The predicted octanol–water partition coefficient (Wildman–Crippen LogP) is 3.59. The van der Waals surface area contributed by atoms with Gasteiger partial charge in [-0.3, -0.25) is 13.9 Å². The van der Waals surface area contributed by atoms with E-state index >= 15 is 0 Å². The number of carbonyl (C=O) groups is 2. The van der Waals surface area contributed by atoms with Gasteiger partial charge < -0.3 is 15.0 Å². The number of carbonyl (C=O) groups excluding carboxylic acids is 2. The molecule has 0 aliphatic heterocycles. The third-order valence-electron chi connectivity index (χ3n) is 5.19. The molecule has 0 aliphatic carbocycles. The summed E-state index contributed by atoms with van der Waals surface area (Å²) in [6.45, 7) is 4.79. The average molecular weight is 528 g/mol. The van der Waals surface area contributed by atoms with Gasteiger partial charge in [0, 0.05) is 12.6 Å². The lowest BCUT2D eigenvalue weighted by molar-refractivity contribution is -0.140. The number of hydrogen-bond donors (Lipinski definition) is 1. The topological polar surface area (TPSA) is 96.0 Å². The summed E-state index contributed by atoms with van der Waals surface area (Å²) in [5.74, 6) is -1.05. The fourth-order valence-corrected chi connectivity index (χ4v) is 4.60. The van der Waals surface area contributed by atoms with Gasteiger partial charge in [-0.2, -0.15) is 0 Å². The first-order valence-electron chi connectivity index (χ1n) is 11.0. The molecule has 0 saturated heterocycles. The Morgan fingerprint density at radius 1 is 1.14 bits per heavy atom. The van der Waals surface area contributed by atoms with Crippen molar-refractivity contribution in [2.45, 2.75) is 45.8 Å². The Labute approximate surface area is 211 Å². The van der Waals surface area contributed by atoms with Crippen LogP contribution < -0.4 is 14.4 Å². The molecule has 0 saturated carbocycles. The summed E-state index contributed by atoms with van der Waals surface area (Å²) in [5.41, 5.74) is 0.766. The molecule has 0 spiro atoms. The van der Waals surface area contributed by atoms with E-state index < -0.39 is 34.3 Å². The predicted molar refractivity (Wildman–Crippen MR) is 135 cm³/mol. The van der Waals surface area contributed by atoms with Gasteiger partial charge in [-0.25, -0.2) is 12.8 Å². The van der Waals surface area contributed by atoms with Gasteiger partial charge in [0.1, 0.15) is 24.2 Å². The molecule has 0 fully saturated rings. The zero-order valence-electron chi connectivity index (χ0n) is 20.4. The van der Waals surface area contributed by atoms with Crippen molar-refractivity contribution < 1.29 is 27.1 Å². The maximum atomic E-state index is 13.6. The highest BCUT2D eigenvalue weighted by Crippen LogP contribution is 2.30. The van der Waals surface area contributed by atoms with Gasteiger partial charge in [0.15, 0.2) is 0 Å². The maximum Gasteiger partial charge on any atom is 0.244 e. The van der Waals surface area contributed by atoms with Crippen molar-refractivity contribution in [2.75, 3.05) is 24.2 Å². The molecule has 1 N–H and O–H groups in total. The van der Waals surface area contributed by atoms with E-state index in [1.165, 1.54) is 54.5 Å². The molecule has 8 nitrogen and oxygen atoms in total. The number of sulfonamides is 1. The maximum absolute atomic E-state index is 13.6. The highest BCUT2D eigenvalue weighted by atomic mass is 35.5. The summed E-state index contributed by atoms with van der Waals surface area (Å²) in [6.07, 6.45) is 1.27. The third kappa shape index (κ3) is 7.83. The molecule has 0 unspecified atom stereocenters. The van der Waals surface area contributed by atoms with E-state index in [-0.39, 0.29) is 29.2 Å². The molecule has 0 heterocycles. The van der Waals surface area contributed by atoms with Crippen LogP contribution in [0, 0.1) is 5.82 Å². The zero-order chi connectivity index (χ0) is 26.3. The number of methoxy groups -OCH3 is 1. The molecular formula is C24H31ClFN3O5S. The van der Waals surface area contributed by atoms with Crippen LogP contribution in [0.15, 0.2) is 42.5 Å². The number of rotatable bonds is 11. The Morgan fingerprint density at radius 2 is 1.77 bits per heavy atom. The first-order chi connectivity index (χ1) is 16.4. The summed E-state index contributed by atoms with van der Waals surface area (Å²) in [5, 5.41) is 2.98. The largest absolute Gasteiger partial charge is 0.495 e. The van der Waals surface area contributed by atoms with Crippen LogP contribution in [-0.2, 0) is 26.2 Å². The highest BCUT2D eigenvalue weighted by molar-refractivity contribution is 7.92. The van der Waals surface area contributed by atoms with E-state index in [0.717, 1.165) is 10.6 Å². The molecule has 2 rings (SSSR count). The van der Waals surface area contributed by atoms with Crippen LogP contribution in [0.3, 0.4) is 0 Å². The fraction of sp³-hybridized carbons (Fsp3) is 0.417. The zero-order valence-corrected chi connectivity index (χ0v) is 22.0. The number of amides is 2. The summed E-state index contributed by atoms with van der Waals surface area (Å²) < 4.78 is 44.7. The number of ether oxygens (including phenoxy) is 1. The van der Waals surface area contributed by atoms with Crippen molar-refractivity contribution in [3.63, 3.8) is 0 Å². The second-order valence-electron chi connectivity index (χ2n) is 8.32. The van der Waals surface area contributed by atoms with Crippen molar-refractivity contribution in [2.24, 2.45) is 0 Å². The van der Waals surface area contributed by atoms with Crippen LogP contribution in [0.25, 0.3) is 0 Å². The minimum atomic E-state index is -3.90. The standard InChI is InChI=1S/C24H31ClFN3O5S/c1-6-21(24(31)27-16(2)3)28(14-17-7-9-18(26)10-8-17)23(30)15-29(35(5,32)33)19-11-12-22(34-4)20(25)13-19/h7-13,16,21H,6,14-15H2,1-5H3,(H,27,31)/t21-/m1/s1. The molecule has 11 heteroatoms. The number of nitrogens with one attached hydrogen (secondary N) is 1. The highest BCUT2D eigenvalue weighted by Gasteiger charge is 2.32. The summed E-state index contributed by atoms with van der Waals surface area (Å²) in [4.78, 5) is 27.8. The lowest BCUT2D eigenvalue weighted by Gasteiger charge is -2.33. The number of anilines is 1. The van der Waals surface area contributed by atoms with E-state index in [9.17, 15) is 22.4 Å². The number of hydrogen-bond acceptors (Lipinski definition) is 5. The van der Waals surface area contributed by atoms with Crippen molar-refractivity contribution in [3.05, 3.63) is 58.9 Å². The monoisotopic (exact) mass is 527 g/mol. The molecule has 0 aliphatic rings.